The SMILES string of the molecule is C/C(=N\NC(=O)COc1ccc(-c2ccc(C#N)cc2)cc1)c1ccc(C#N)cc1.CN(C)C=O. The zero-order valence-electron chi connectivity index (χ0n) is 19.7. The molecule has 0 saturated carbocycles. The molecular formula is C27H25N5O3. The van der Waals surface area contributed by atoms with Crippen LogP contribution in [0.15, 0.2) is 77.9 Å². The summed E-state index contributed by atoms with van der Waals surface area (Å²) in [4.78, 5) is 22.9. The summed E-state index contributed by atoms with van der Waals surface area (Å²) in [6, 6.07) is 25.7. The van der Waals surface area contributed by atoms with Crippen LogP contribution in [0.25, 0.3) is 11.1 Å². The molecule has 3 aromatic rings. The van der Waals surface area contributed by atoms with E-state index in [4.69, 9.17) is 15.3 Å². The Morgan fingerprint density at radius 3 is 1.83 bits per heavy atom. The van der Waals surface area contributed by atoms with Crippen LogP contribution in [-0.4, -0.2) is 43.6 Å². The summed E-state index contributed by atoms with van der Waals surface area (Å²) < 4.78 is 5.50. The van der Waals surface area contributed by atoms with Gasteiger partial charge in [0.2, 0.25) is 6.41 Å². The van der Waals surface area contributed by atoms with Gasteiger partial charge in [-0.2, -0.15) is 15.6 Å². The summed E-state index contributed by atoms with van der Waals surface area (Å²) in [7, 11) is 3.38. The first kappa shape index (κ1) is 26.3. The Kier molecular flexibility index (Phi) is 10.2. The molecule has 176 valence electrons. The second-order valence-corrected chi connectivity index (χ2v) is 7.49. The average Bonchev–Trinajstić information content (AvgIpc) is 2.91. The highest BCUT2D eigenvalue weighted by molar-refractivity contribution is 5.99. The normalized spacial score (nSPS) is 10.0. The molecule has 0 atom stereocenters. The number of nitrogens with zero attached hydrogens (tertiary/aromatic N) is 4. The van der Waals surface area contributed by atoms with E-state index in [1.807, 2.05) is 24.3 Å². The highest BCUT2D eigenvalue weighted by Gasteiger charge is 2.04. The van der Waals surface area contributed by atoms with Crippen molar-refractivity contribution in [2.45, 2.75) is 6.92 Å². The van der Waals surface area contributed by atoms with E-state index in [0.717, 1.165) is 23.1 Å². The quantitative estimate of drug-likeness (QED) is 0.323. The molecule has 0 saturated heterocycles. The van der Waals surface area contributed by atoms with Crippen molar-refractivity contribution >= 4 is 18.0 Å². The first-order valence-electron chi connectivity index (χ1n) is 10.5. The van der Waals surface area contributed by atoms with Crippen LogP contribution in [0.5, 0.6) is 5.75 Å². The van der Waals surface area contributed by atoms with Crippen molar-refractivity contribution in [3.63, 3.8) is 0 Å². The Labute approximate surface area is 204 Å². The standard InChI is InChI=1S/C24H18N4O2.C3H7NO/c1-17(20-6-2-18(14-25)3-7-20)27-28-24(29)16-30-23-12-10-22(11-13-23)21-8-4-19(15-26)5-9-21;1-4(2)3-5/h2-13H,16H2,1H3,(H,28,29);3H,1-2H3/b27-17+;. The monoisotopic (exact) mass is 467 g/mol. The number of hydrogen-bond donors (Lipinski definition) is 1. The van der Waals surface area contributed by atoms with E-state index < -0.39 is 0 Å². The van der Waals surface area contributed by atoms with Crippen LogP contribution in [0.2, 0.25) is 0 Å². The minimum absolute atomic E-state index is 0.166. The lowest BCUT2D eigenvalue weighted by Gasteiger charge is -2.07. The zero-order chi connectivity index (χ0) is 25.6. The molecule has 1 N–H and O–H groups in total. The fourth-order valence-electron chi connectivity index (χ4n) is 2.66. The fraction of sp³-hybridized carbons (Fsp3) is 0.148. The van der Waals surface area contributed by atoms with Crippen LogP contribution in [0.1, 0.15) is 23.6 Å². The van der Waals surface area contributed by atoms with Crippen LogP contribution in [0.4, 0.5) is 0 Å². The maximum Gasteiger partial charge on any atom is 0.277 e. The van der Waals surface area contributed by atoms with Crippen molar-refractivity contribution in [2.75, 3.05) is 20.7 Å². The third-order valence-electron chi connectivity index (χ3n) is 4.56. The molecule has 3 aromatic carbocycles. The van der Waals surface area contributed by atoms with E-state index in [1.54, 1.807) is 69.6 Å². The highest BCUT2D eigenvalue weighted by atomic mass is 16.5. The minimum Gasteiger partial charge on any atom is -0.484 e. The van der Waals surface area contributed by atoms with Crippen molar-refractivity contribution in [1.29, 1.82) is 10.5 Å². The molecule has 8 heteroatoms. The molecule has 0 heterocycles. The van der Waals surface area contributed by atoms with E-state index in [2.05, 4.69) is 22.7 Å². The van der Waals surface area contributed by atoms with E-state index in [0.29, 0.717) is 22.6 Å². The molecule has 8 nitrogen and oxygen atoms in total. The van der Waals surface area contributed by atoms with Crippen molar-refractivity contribution < 1.29 is 14.3 Å². The molecular weight excluding hydrogens is 442 g/mol. The van der Waals surface area contributed by atoms with E-state index in [-0.39, 0.29) is 12.5 Å². The second kappa shape index (κ2) is 13.6. The molecule has 0 aliphatic heterocycles. The van der Waals surface area contributed by atoms with Crippen molar-refractivity contribution in [3.8, 4) is 29.0 Å². The van der Waals surface area contributed by atoms with Gasteiger partial charge in [0.15, 0.2) is 6.61 Å². The Morgan fingerprint density at radius 1 is 0.914 bits per heavy atom. The number of ether oxygens (including phenoxy) is 1. The number of hydrazone groups is 1. The summed E-state index contributed by atoms with van der Waals surface area (Å²) >= 11 is 0. The first-order valence-corrected chi connectivity index (χ1v) is 10.5. The molecule has 35 heavy (non-hydrogen) atoms. The smallest absolute Gasteiger partial charge is 0.277 e. The number of nitrogens with one attached hydrogen (secondary N) is 1. The Balaban J connectivity index is 0.000000784. The highest BCUT2D eigenvalue weighted by Crippen LogP contribution is 2.22. The number of carbonyl (C=O) groups is 2. The summed E-state index contributed by atoms with van der Waals surface area (Å²) in [5.74, 6) is 0.189. The number of rotatable bonds is 7. The maximum absolute atomic E-state index is 12.0. The fourth-order valence-corrected chi connectivity index (χ4v) is 2.66. The van der Waals surface area contributed by atoms with Gasteiger partial charge in [-0.25, -0.2) is 5.43 Å². The number of benzene rings is 3. The number of amides is 2. The molecule has 2 amide bonds. The molecule has 0 spiro atoms. The van der Waals surface area contributed by atoms with E-state index >= 15 is 0 Å². The van der Waals surface area contributed by atoms with Gasteiger partial charge in [-0.15, -0.1) is 0 Å². The third-order valence-corrected chi connectivity index (χ3v) is 4.56. The molecule has 0 aromatic heterocycles. The van der Waals surface area contributed by atoms with Gasteiger partial charge in [0.25, 0.3) is 5.91 Å². The van der Waals surface area contributed by atoms with Crippen LogP contribution in [0.3, 0.4) is 0 Å². The van der Waals surface area contributed by atoms with Gasteiger partial charge < -0.3 is 9.64 Å². The van der Waals surface area contributed by atoms with E-state index in [1.165, 1.54) is 4.90 Å². The van der Waals surface area contributed by atoms with Gasteiger partial charge in [-0.1, -0.05) is 36.4 Å². The predicted octanol–water partition coefficient (Wildman–Crippen LogP) is 3.72. The molecule has 0 radical (unpaired) electrons. The van der Waals surface area contributed by atoms with Crippen molar-refractivity contribution in [2.24, 2.45) is 5.10 Å². The molecule has 3 rings (SSSR count). The second-order valence-electron chi connectivity index (χ2n) is 7.49. The predicted molar refractivity (Wildman–Crippen MR) is 133 cm³/mol. The van der Waals surface area contributed by atoms with Crippen molar-refractivity contribution in [1.82, 2.24) is 10.3 Å². The third kappa shape index (κ3) is 8.83. The van der Waals surface area contributed by atoms with Gasteiger partial charge in [-0.3, -0.25) is 9.59 Å². The Morgan fingerprint density at radius 2 is 1.37 bits per heavy atom. The lowest BCUT2D eigenvalue weighted by atomic mass is 10.0. The molecule has 0 unspecified atom stereocenters. The van der Waals surface area contributed by atoms with Crippen molar-refractivity contribution in [3.05, 3.63) is 89.5 Å². The van der Waals surface area contributed by atoms with Gasteiger partial charge in [-0.05, 0) is 60.0 Å². The Hall–Kier alpha value is -4.95. The summed E-state index contributed by atoms with van der Waals surface area (Å²) in [6.45, 7) is 1.60. The topological polar surface area (TPSA) is 119 Å². The number of carbonyl (C=O) groups excluding carboxylic acids is 2. The summed E-state index contributed by atoms with van der Waals surface area (Å²) in [6.07, 6.45) is 0.750. The summed E-state index contributed by atoms with van der Waals surface area (Å²) in [5.41, 5.74) is 7.05. The molecule has 0 bridgehead atoms. The zero-order valence-corrected chi connectivity index (χ0v) is 19.7. The van der Waals surface area contributed by atoms with Gasteiger partial charge in [0.1, 0.15) is 5.75 Å². The average molecular weight is 468 g/mol. The van der Waals surface area contributed by atoms with E-state index in [9.17, 15) is 9.59 Å². The first-order chi connectivity index (χ1) is 16.9. The number of hydrogen-bond acceptors (Lipinski definition) is 6. The van der Waals surface area contributed by atoms with Crippen LogP contribution >= 0.6 is 0 Å². The van der Waals surface area contributed by atoms with Gasteiger partial charge in [0.05, 0.1) is 29.0 Å². The Bertz CT molecular complexity index is 1230. The molecule has 0 aliphatic carbocycles. The number of nitriles is 2. The lowest BCUT2D eigenvalue weighted by molar-refractivity contribution is -0.123. The maximum atomic E-state index is 12.0. The lowest BCUT2D eigenvalue weighted by Crippen LogP contribution is -2.25. The molecule has 0 fully saturated rings. The van der Waals surface area contributed by atoms with Crippen LogP contribution in [0, 0.1) is 22.7 Å². The largest absolute Gasteiger partial charge is 0.484 e. The van der Waals surface area contributed by atoms with Gasteiger partial charge in [0, 0.05) is 14.1 Å². The molecule has 0 aliphatic rings. The van der Waals surface area contributed by atoms with Gasteiger partial charge >= 0.3 is 0 Å². The van der Waals surface area contributed by atoms with Crippen LogP contribution in [-0.2, 0) is 9.59 Å². The summed E-state index contributed by atoms with van der Waals surface area (Å²) in [5, 5.41) is 21.8. The van der Waals surface area contributed by atoms with Crippen LogP contribution < -0.4 is 10.2 Å². The minimum atomic E-state index is -0.376.